The Labute approximate surface area is 212 Å². The molecule has 0 aliphatic carbocycles. The van der Waals surface area contributed by atoms with Gasteiger partial charge in [0.1, 0.15) is 23.7 Å². The summed E-state index contributed by atoms with van der Waals surface area (Å²) in [7, 11) is 0. The largest absolute Gasteiger partial charge is 0.481 e. The summed E-state index contributed by atoms with van der Waals surface area (Å²) in [5.74, 6) is -2.57. The number of nitrogens with zero attached hydrogens (tertiary/aromatic N) is 2. The molecule has 10 heteroatoms. The summed E-state index contributed by atoms with van der Waals surface area (Å²) in [5.41, 5.74) is 0.876. The number of aromatic nitrogens is 3. The van der Waals surface area contributed by atoms with E-state index in [4.69, 9.17) is 10.1 Å². The van der Waals surface area contributed by atoms with Gasteiger partial charge in [0.25, 0.3) is 5.56 Å². The van der Waals surface area contributed by atoms with Crippen LogP contribution < -0.4 is 11.2 Å². The molecule has 2 aromatic heterocycles. The van der Waals surface area contributed by atoms with E-state index < -0.39 is 47.8 Å². The lowest BCUT2D eigenvalue weighted by molar-refractivity contribution is -0.140. The van der Waals surface area contributed by atoms with Gasteiger partial charge in [0, 0.05) is 24.1 Å². The molecule has 0 aliphatic heterocycles. The third-order valence-corrected chi connectivity index (χ3v) is 5.88. The number of carboxylic acid groups (broad SMARTS) is 1. The third kappa shape index (κ3) is 6.45. The van der Waals surface area contributed by atoms with Gasteiger partial charge in [-0.25, -0.2) is 14.2 Å². The molecule has 0 fully saturated rings. The molecule has 196 valence electrons. The molecule has 37 heavy (non-hydrogen) atoms. The van der Waals surface area contributed by atoms with Crippen LogP contribution in [-0.4, -0.2) is 42.6 Å². The van der Waals surface area contributed by atoms with E-state index in [1.807, 2.05) is 20.8 Å². The second-order valence-corrected chi connectivity index (χ2v) is 9.15. The number of aliphatic hydroxyl groups excluding tert-OH is 1. The van der Waals surface area contributed by atoms with Crippen molar-refractivity contribution in [2.45, 2.75) is 65.0 Å². The van der Waals surface area contributed by atoms with Crippen LogP contribution >= 0.6 is 0 Å². The highest BCUT2D eigenvalue weighted by Gasteiger charge is 2.22. The molecule has 3 rings (SSSR count). The number of aryl methyl sites for hydroxylation is 1. The number of pyridine rings is 1. The van der Waals surface area contributed by atoms with Gasteiger partial charge in [-0.15, -0.1) is 0 Å². The molecule has 0 saturated carbocycles. The number of fused-ring (bicyclic) bond motifs is 1. The van der Waals surface area contributed by atoms with Crippen molar-refractivity contribution in [2.24, 2.45) is 0 Å². The summed E-state index contributed by atoms with van der Waals surface area (Å²) in [6.07, 6.45) is 1.98. The van der Waals surface area contributed by atoms with Crippen LogP contribution in [0.25, 0.3) is 28.2 Å². The molecule has 1 unspecified atom stereocenters. The van der Waals surface area contributed by atoms with Crippen molar-refractivity contribution in [2.75, 3.05) is 0 Å². The zero-order chi connectivity index (χ0) is 27.3. The number of rotatable bonds is 11. The monoisotopic (exact) mass is 511 g/mol. The van der Waals surface area contributed by atoms with E-state index >= 15 is 0 Å². The molecule has 0 bridgehead atoms. The number of ketones is 1. The third-order valence-electron chi connectivity index (χ3n) is 5.88. The molecule has 0 amide bonds. The van der Waals surface area contributed by atoms with E-state index in [0.717, 1.165) is 6.42 Å². The van der Waals surface area contributed by atoms with E-state index in [1.165, 1.54) is 41.0 Å². The average Bonchev–Trinajstić information content (AvgIpc) is 2.81. The second kappa shape index (κ2) is 11.9. The number of hydrogen-bond donors (Lipinski definition) is 3. The van der Waals surface area contributed by atoms with Crippen molar-refractivity contribution in [3.05, 3.63) is 68.3 Å². The normalized spacial score (nSPS) is 12.5. The number of aromatic amines is 1. The Balaban J connectivity index is 2.33. The van der Waals surface area contributed by atoms with Gasteiger partial charge in [-0.3, -0.25) is 23.9 Å². The highest BCUT2D eigenvalue weighted by molar-refractivity contribution is 5.98. The van der Waals surface area contributed by atoms with Gasteiger partial charge in [-0.1, -0.05) is 51.5 Å². The van der Waals surface area contributed by atoms with Gasteiger partial charge in [-0.2, -0.15) is 0 Å². The lowest BCUT2D eigenvalue weighted by Gasteiger charge is -2.19. The predicted octanol–water partition coefficient (Wildman–Crippen LogP) is 3.62. The van der Waals surface area contributed by atoms with Crippen LogP contribution in [0.3, 0.4) is 0 Å². The SMILES string of the molecule is CCCCn1c(=O)[nH]c(=O)c2c(-c3ccc(F)cc3)c(C=CC(O)CC(=O)CC(=O)O)c(C(C)C)nc21. The maximum Gasteiger partial charge on any atom is 0.329 e. The van der Waals surface area contributed by atoms with E-state index in [1.54, 1.807) is 0 Å². The molecule has 0 radical (unpaired) electrons. The molecule has 3 N–H and O–H groups in total. The first-order valence-corrected chi connectivity index (χ1v) is 12.1. The number of aliphatic hydroxyl groups is 1. The maximum absolute atomic E-state index is 13.8. The van der Waals surface area contributed by atoms with Gasteiger partial charge in [0.05, 0.1) is 17.2 Å². The first-order chi connectivity index (χ1) is 17.5. The minimum absolute atomic E-state index is 0.141. The molecule has 3 aromatic rings. The Morgan fingerprint density at radius 3 is 2.46 bits per heavy atom. The second-order valence-electron chi connectivity index (χ2n) is 9.15. The van der Waals surface area contributed by atoms with Crippen LogP contribution in [0.4, 0.5) is 4.39 Å². The van der Waals surface area contributed by atoms with Crippen LogP contribution in [0.5, 0.6) is 0 Å². The Hall–Kier alpha value is -3.92. The topological polar surface area (TPSA) is 142 Å². The van der Waals surface area contributed by atoms with Gasteiger partial charge in [0.15, 0.2) is 0 Å². The minimum atomic E-state index is -1.28. The average molecular weight is 512 g/mol. The van der Waals surface area contributed by atoms with Gasteiger partial charge < -0.3 is 10.2 Å². The molecule has 1 atom stereocenters. The lowest BCUT2D eigenvalue weighted by atomic mass is 9.91. The molecule has 1 aromatic carbocycles. The number of carbonyl (C=O) groups is 2. The summed E-state index contributed by atoms with van der Waals surface area (Å²) < 4.78 is 15.2. The highest BCUT2D eigenvalue weighted by atomic mass is 19.1. The molecule has 0 aliphatic rings. The number of aliphatic carboxylic acids is 1. The van der Waals surface area contributed by atoms with E-state index in [2.05, 4.69) is 4.98 Å². The number of unbranched alkanes of at least 4 members (excludes halogenated alkanes) is 1. The maximum atomic E-state index is 13.8. The van der Waals surface area contributed by atoms with Crippen molar-refractivity contribution < 1.29 is 24.2 Å². The van der Waals surface area contributed by atoms with E-state index in [-0.39, 0.29) is 17.0 Å². The summed E-state index contributed by atoms with van der Waals surface area (Å²) in [4.78, 5) is 55.6. The molecular formula is C27H30FN3O6. The summed E-state index contributed by atoms with van der Waals surface area (Å²) in [6, 6.07) is 5.54. The Morgan fingerprint density at radius 1 is 1.19 bits per heavy atom. The molecule has 0 spiro atoms. The van der Waals surface area contributed by atoms with E-state index in [9.17, 15) is 28.7 Å². The number of hydrogen-bond acceptors (Lipinski definition) is 6. The van der Waals surface area contributed by atoms with E-state index in [0.29, 0.717) is 35.3 Å². The van der Waals surface area contributed by atoms with Crippen LogP contribution in [0, 0.1) is 5.82 Å². The predicted molar refractivity (Wildman–Crippen MR) is 138 cm³/mol. The van der Waals surface area contributed by atoms with Crippen molar-refractivity contribution in [1.29, 1.82) is 0 Å². The summed E-state index contributed by atoms with van der Waals surface area (Å²) in [6.45, 7) is 6.09. The van der Waals surface area contributed by atoms with Gasteiger partial charge in [-0.05, 0) is 30.0 Å². The minimum Gasteiger partial charge on any atom is -0.481 e. The number of Topliss-reactive ketones (excluding diaryl/α,β-unsaturated/α-hetero) is 1. The molecule has 2 heterocycles. The number of carboxylic acids is 1. The highest BCUT2D eigenvalue weighted by Crippen LogP contribution is 2.35. The number of H-pyrrole nitrogens is 1. The van der Waals surface area contributed by atoms with Gasteiger partial charge >= 0.3 is 11.7 Å². The first kappa shape index (κ1) is 27.7. The zero-order valence-electron chi connectivity index (χ0n) is 21.0. The molecular weight excluding hydrogens is 481 g/mol. The van der Waals surface area contributed by atoms with Crippen molar-refractivity contribution >= 4 is 28.9 Å². The number of benzene rings is 1. The molecule has 0 saturated heterocycles. The van der Waals surface area contributed by atoms with Crippen molar-refractivity contribution in [3.63, 3.8) is 0 Å². The number of carbonyl (C=O) groups excluding carboxylic acids is 1. The molecule has 9 nitrogen and oxygen atoms in total. The van der Waals surface area contributed by atoms with Crippen LogP contribution in [0.15, 0.2) is 39.9 Å². The number of nitrogens with one attached hydrogen (secondary N) is 1. The van der Waals surface area contributed by atoms with Crippen molar-refractivity contribution in [1.82, 2.24) is 14.5 Å². The lowest BCUT2D eigenvalue weighted by Crippen LogP contribution is -2.32. The quantitative estimate of drug-likeness (QED) is 0.334. The number of halogens is 1. The summed E-state index contributed by atoms with van der Waals surface area (Å²) >= 11 is 0. The van der Waals surface area contributed by atoms with Gasteiger partial charge in [0.2, 0.25) is 0 Å². The van der Waals surface area contributed by atoms with Crippen molar-refractivity contribution in [3.8, 4) is 11.1 Å². The Kier molecular flexibility index (Phi) is 8.88. The fourth-order valence-corrected chi connectivity index (χ4v) is 4.14. The summed E-state index contributed by atoms with van der Waals surface area (Å²) in [5, 5.41) is 19.3. The fourth-order valence-electron chi connectivity index (χ4n) is 4.14. The fraction of sp³-hybridized carbons (Fsp3) is 0.370. The zero-order valence-corrected chi connectivity index (χ0v) is 21.0. The van der Waals surface area contributed by atoms with Crippen LogP contribution in [0.1, 0.15) is 63.6 Å². The van der Waals surface area contributed by atoms with Crippen LogP contribution in [-0.2, 0) is 16.1 Å². The smallest absolute Gasteiger partial charge is 0.329 e. The Bertz CT molecular complexity index is 1450. The van der Waals surface area contributed by atoms with Crippen LogP contribution in [0.2, 0.25) is 0 Å². The first-order valence-electron chi connectivity index (χ1n) is 12.1. The standard InChI is InChI=1S/C27H30FN3O6/c1-4-5-12-31-25-23(26(36)30-27(31)37)22(16-6-8-17(28)9-7-16)20(24(29-25)15(2)3)11-10-18(32)13-19(33)14-21(34)35/h6-11,15,18,32H,4-5,12-14H2,1-3H3,(H,34,35)(H,30,36,37). The Morgan fingerprint density at radius 2 is 1.86 bits per heavy atom.